The summed E-state index contributed by atoms with van der Waals surface area (Å²) in [6.07, 6.45) is 0. The molecule has 0 spiro atoms. The Morgan fingerprint density at radius 1 is 1.33 bits per heavy atom. The molecule has 0 bridgehead atoms. The Bertz CT molecular complexity index is 30.5. The molecular formula is C4H8IMn-. The van der Waals surface area contributed by atoms with Gasteiger partial charge in [-0.2, -0.15) is 0 Å². The van der Waals surface area contributed by atoms with Gasteiger partial charge in [0, 0.05) is 17.1 Å². The van der Waals surface area contributed by atoms with E-state index in [0.29, 0.717) is 0 Å². The van der Waals surface area contributed by atoms with Crippen molar-refractivity contribution in [2.45, 2.75) is 13.8 Å². The molecule has 0 saturated heterocycles. The summed E-state index contributed by atoms with van der Waals surface area (Å²) in [7, 11) is 0. The molecule has 6 heavy (non-hydrogen) atoms. The molecule has 0 aromatic carbocycles. The minimum Gasteiger partial charge on any atom is -0.515 e. The van der Waals surface area contributed by atoms with Crippen LogP contribution in [-0.2, 0) is 17.1 Å². The first kappa shape index (κ1) is 15.8. The zero-order chi connectivity index (χ0) is 3.58. The fraction of sp³-hybridized carbons (Fsp3) is 0.500. The van der Waals surface area contributed by atoms with Crippen LogP contribution in [0.15, 0.2) is 5.57 Å². The van der Waals surface area contributed by atoms with Crippen LogP contribution in [0.25, 0.3) is 0 Å². The predicted molar refractivity (Wildman–Crippen MR) is 34.6 cm³/mol. The third-order valence-corrected chi connectivity index (χ3v) is 0. The van der Waals surface area contributed by atoms with Crippen LogP contribution in [0.1, 0.15) is 13.8 Å². The van der Waals surface area contributed by atoms with E-state index in [1.807, 2.05) is 13.8 Å². The minimum absolute atomic E-state index is 0. The number of allylic oxidation sites excluding steroid dienone is 1. The Labute approximate surface area is 66.9 Å². The van der Waals surface area contributed by atoms with Gasteiger partial charge in [0.05, 0.1) is 0 Å². The Morgan fingerprint density at radius 3 is 1.33 bits per heavy atom. The van der Waals surface area contributed by atoms with Crippen molar-refractivity contribution in [3.8, 4) is 0 Å². The van der Waals surface area contributed by atoms with E-state index in [1.165, 1.54) is 0 Å². The molecule has 0 aliphatic heterocycles. The van der Waals surface area contributed by atoms with Crippen molar-refractivity contribution in [2.24, 2.45) is 0 Å². The van der Waals surface area contributed by atoms with Gasteiger partial charge in [0.15, 0.2) is 0 Å². The normalized spacial score (nSPS) is 4.33. The fourth-order valence-electron chi connectivity index (χ4n) is 0. The van der Waals surface area contributed by atoms with E-state index >= 15 is 0 Å². The third-order valence-electron chi connectivity index (χ3n) is 0. The maximum atomic E-state index is 5.03. The van der Waals surface area contributed by atoms with Crippen molar-refractivity contribution in [2.75, 3.05) is 0 Å². The molecule has 0 unspecified atom stereocenters. The van der Waals surface area contributed by atoms with Gasteiger partial charge in [-0.1, -0.05) is 13.8 Å². The average molecular weight is 238 g/mol. The van der Waals surface area contributed by atoms with Crippen LogP contribution < -0.4 is 0 Å². The van der Waals surface area contributed by atoms with Gasteiger partial charge >= 0.3 is 0 Å². The van der Waals surface area contributed by atoms with Crippen LogP contribution in [0.4, 0.5) is 0 Å². The monoisotopic (exact) mass is 238 g/mol. The third kappa shape index (κ3) is 81.1. The molecule has 0 atom stereocenters. The summed E-state index contributed by atoms with van der Waals surface area (Å²) in [5, 5.41) is 0. The molecule has 39 valence electrons. The Kier molecular flexibility index (Phi) is 24.6. The second-order valence-corrected chi connectivity index (χ2v) is 1.08. The molecule has 0 aliphatic rings. The summed E-state index contributed by atoms with van der Waals surface area (Å²) >= 11 is 0. The second-order valence-electron chi connectivity index (χ2n) is 1.08. The van der Waals surface area contributed by atoms with Crippen LogP contribution >= 0.6 is 24.0 Å². The van der Waals surface area contributed by atoms with Gasteiger partial charge in [-0.3, -0.25) is 5.57 Å². The number of hydrogen-bond donors (Lipinski definition) is 0. The first-order chi connectivity index (χ1) is 1.73. The van der Waals surface area contributed by atoms with Crippen molar-refractivity contribution < 1.29 is 17.1 Å². The Hall–Kier alpha value is 0.989. The first-order valence-corrected chi connectivity index (χ1v) is 1.29. The van der Waals surface area contributed by atoms with E-state index in [9.17, 15) is 0 Å². The van der Waals surface area contributed by atoms with Gasteiger partial charge < -0.3 is 6.58 Å². The molecular weight excluding hydrogens is 230 g/mol. The second kappa shape index (κ2) is 9.37. The van der Waals surface area contributed by atoms with Gasteiger partial charge in [-0.05, 0) is 0 Å². The summed E-state index contributed by atoms with van der Waals surface area (Å²) < 4.78 is 0. The van der Waals surface area contributed by atoms with Gasteiger partial charge in [0.1, 0.15) is 0 Å². The van der Waals surface area contributed by atoms with E-state index in [0.717, 1.165) is 5.57 Å². The topological polar surface area (TPSA) is 0 Å². The van der Waals surface area contributed by atoms with E-state index in [2.05, 4.69) is 0 Å². The quantitative estimate of drug-likeness (QED) is 0.344. The zero-order valence-electron chi connectivity index (χ0n) is 3.86. The molecule has 0 N–H and O–H groups in total. The van der Waals surface area contributed by atoms with Crippen LogP contribution in [0.2, 0.25) is 0 Å². The van der Waals surface area contributed by atoms with Crippen molar-refractivity contribution in [3.05, 3.63) is 12.2 Å². The SMILES string of the molecule is I.[CH-]=C(C)C.[Mn]. The van der Waals surface area contributed by atoms with Gasteiger partial charge in [-0.15, -0.1) is 24.0 Å². The number of hydrogen-bond acceptors (Lipinski definition) is 0. The predicted octanol–water partition coefficient (Wildman–Crippen LogP) is 2.00. The standard InChI is InChI=1S/C4H7.HI.Mn/c1-4(2)3;;/h1H,2-3H3;1H;/q-1;;. The van der Waals surface area contributed by atoms with E-state index in [1.54, 1.807) is 0 Å². The van der Waals surface area contributed by atoms with Crippen molar-refractivity contribution in [1.29, 1.82) is 0 Å². The summed E-state index contributed by atoms with van der Waals surface area (Å²) in [6.45, 7) is 8.75. The van der Waals surface area contributed by atoms with Crippen molar-refractivity contribution in [1.82, 2.24) is 0 Å². The first-order valence-electron chi connectivity index (χ1n) is 1.29. The maximum Gasteiger partial charge on any atom is 0 e. The van der Waals surface area contributed by atoms with E-state index in [-0.39, 0.29) is 41.0 Å². The number of halogens is 1. The van der Waals surface area contributed by atoms with Gasteiger partial charge in [-0.25, -0.2) is 0 Å². The molecule has 0 rings (SSSR count). The Balaban J connectivity index is -0.0000000450. The minimum atomic E-state index is 0. The Morgan fingerprint density at radius 2 is 1.33 bits per heavy atom. The summed E-state index contributed by atoms with van der Waals surface area (Å²) in [5.41, 5.74) is 0.917. The van der Waals surface area contributed by atoms with Gasteiger partial charge in [0.25, 0.3) is 0 Å². The smallest absolute Gasteiger partial charge is 0 e. The zero-order valence-corrected chi connectivity index (χ0v) is 7.37. The van der Waals surface area contributed by atoms with E-state index < -0.39 is 0 Å². The number of rotatable bonds is 0. The van der Waals surface area contributed by atoms with Crippen LogP contribution in [0.3, 0.4) is 0 Å². The average Bonchev–Trinajstić information content (AvgIpc) is 0.811. The van der Waals surface area contributed by atoms with Crippen molar-refractivity contribution >= 4 is 24.0 Å². The molecule has 0 heterocycles. The van der Waals surface area contributed by atoms with E-state index in [4.69, 9.17) is 6.58 Å². The van der Waals surface area contributed by atoms with Crippen LogP contribution in [0.5, 0.6) is 0 Å². The molecule has 0 amide bonds. The summed E-state index contributed by atoms with van der Waals surface area (Å²) in [6, 6.07) is 0. The largest absolute Gasteiger partial charge is 0.515 e. The van der Waals surface area contributed by atoms with Crippen molar-refractivity contribution in [3.63, 3.8) is 0 Å². The molecule has 1 radical (unpaired) electrons. The van der Waals surface area contributed by atoms with Crippen LogP contribution in [-0.4, -0.2) is 0 Å². The molecule has 0 nitrogen and oxygen atoms in total. The summed E-state index contributed by atoms with van der Waals surface area (Å²) in [4.78, 5) is 0. The molecule has 0 aliphatic carbocycles. The molecule has 2 heteroatoms. The fourth-order valence-corrected chi connectivity index (χ4v) is 0. The molecule has 0 aromatic rings. The maximum absolute atomic E-state index is 5.03. The summed E-state index contributed by atoms with van der Waals surface area (Å²) in [5.74, 6) is 0. The molecule has 0 fully saturated rings. The van der Waals surface area contributed by atoms with Crippen LogP contribution in [0, 0.1) is 6.58 Å². The molecule has 0 aromatic heterocycles. The molecule has 0 saturated carbocycles. The van der Waals surface area contributed by atoms with Gasteiger partial charge in [0.2, 0.25) is 0 Å².